The van der Waals surface area contributed by atoms with Crippen LogP contribution in [0.25, 0.3) is 0 Å². The molecule has 1 saturated carbocycles. The van der Waals surface area contributed by atoms with Crippen LogP contribution in [0.3, 0.4) is 0 Å². The number of aryl methyl sites for hydroxylation is 1. The Morgan fingerprint density at radius 2 is 1.65 bits per heavy atom. The first-order valence-electron chi connectivity index (χ1n) is 11.9. The van der Waals surface area contributed by atoms with Crippen molar-refractivity contribution in [2.75, 3.05) is 6.54 Å². The minimum Gasteiger partial charge on any atom is -0.332 e. The molecule has 2 aromatic carbocycles. The summed E-state index contributed by atoms with van der Waals surface area (Å²) >= 11 is 8.05. The topological polar surface area (TPSA) is 40.6 Å². The van der Waals surface area contributed by atoms with Crippen molar-refractivity contribution in [1.29, 1.82) is 0 Å². The average molecular weight is 495 g/mol. The standard InChI is InChI=1S/C28H31ClN2O2S/c1-21-16-17-34-26(21)19-30(18-22-10-4-2-5-11-22)27(32)20-31(23-12-6-3-7-13-23)28(33)24-14-8-9-15-25(24)29/h2,4-5,8-11,14-17,23H,3,6-7,12-13,18-20H2,1H3. The summed E-state index contributed by atoms with van der Waals surface area (Å²) in [6, 6.07) is 19.3. The van der Waals surface area contributed by atoms with Crippen molar-refractivity contribution in [2.45, 2.75) is 58.2 Å². The van der Waals surface area contributed by atoms with Gasteiger partial charge in [0.2, 0.25) is 5.91 Å². The van der Waals surface area contributed by atoms with E-state index in [-0.39, 0.29) is 24.4 Å². The largest absolute Gasteiger partial charge is 0.332 e. The van der Waals surface area contributed by atoms with Crippen molar-refractivity contribution >= 4 is 34.8 Å². The summed E-state index contributed by atoms with van der Waals surface area (Å²) in [6.07, 6.45) is 5.18. The Labute approximate surface area is 211 Å². The van der Waals surface area contributed by atoms with Gasteiger partial charge in [-0.25, -0.2) is 0 Å². The zero-order chi connectivity index (χ0) is 23.9. The quantitative estimate of drug-likeness (QED) is 0.349. The highest BCUT2D eigenvalue weighted by Crippen LogP contribution is 2.27. The third kappa shape index (κ3) is 6.08. The highest BCUT2D eigenvalue weighted by atomic mass is 35.5. The lowest BCUT2D eigenvalue weighted by Crippen LogP contribution is -2.48. The van der Waals surface area contributed by atoms with Gasteiger partial charge in [0.25, 0.3) is 5.91 Å². The first-order valence-corrected chi connectivity index (χ1v) is 13.2. The maximum absolute atomic E-state index is 13.8. The zero-order valence-corrected chi connectivity index (χ0v) is 21.2. The zero-order valence-electron chi connectivity index (χ0n) is 19.6. The summed E-state index contributed by atoms with van der Waals surface area (Å²) in [5, 5.41) is 2.49. The number of carbonyl (C=O) groups is 2. The number of halogens is 1. The Kier molecular flexibility index (Phi) is 8.41. The van der Waals surface area contributed by atoms with Crippen LogP contribution in [-0.2, 0) is 17.9 Å². The minimum absolute atomic E-state index is 0.0392. The van der Waals surface area contributed by atoms with Crippen molar-refractivity contribution in [3.8, 4) is 0 Å². The van der Waals surface area contributed by atoms with Crippen LogP contribution in [0.5, 0.6) is 0 Å². The minimum atomic E-state index is -0.155. The Balaban J connectivity index is 1.60. The third-order valence-corrected chi connectivity index (χ3v) is 7.90. The highest BCUT2D eigenvalue weighted by Gasteiger charge is 2.30. The molecule has 0 radical (unpaired) electrons. The predicted octanol–water partition coefficient (Wildman–Crippen LogP) is 6.71. The van der Waals surface area contributed by atoms with Crippen LogP contribution in [0.15, 0.2) is 66.0 Å². The van der Waals surface area contributed by atoms with E-state index >= 15 is 0 Å². The summed E-state index contributed by atoms with van der Waals surface area (Å²) < 4.78 is 0. The number of hydrogen-bond donors (Lipinski definition) is 0. The Morgan fingerprint density at radius 3 is 2.32 bits per heavy atom. The van der Waals surface area contributed by atoms with Crippen LogP contribution in [0.1, 0.15) is 58.5 Å². The van der Waals surface area contributed by atoms with Gasteiger partial charge in [-0.3, -0.25) is 9.59 Å². The summed E-state index contributed by atoms with van der Waals surface area (Å²) in [5.41, 5.74) is 2.73. The predicted molar refractivity (Wildman–Crippen MR) is 139 cm³/mol. The van der Waals surface area contributed by atoms with Gasteiger partial charge in [0.1, 0.15) is 6.54 Å². The van der Waals surface area contributed by atoms with Crippen LogP contribution >= 0.6 is 22.9 Å². The number of carbonyl (C=O) groups excluding carboxylic acids is 2. The van der Waals surface area contributed by atoms with Gasteiger partial charge < -0.3 is 9.80 Å². The molecule has 0 saturated heterocycles. The van der Waals surface area contributed by atoms with Crippen LogP contribution < -0.4 is 0 Å². The first-order chi connectivity index (χ1) is 16.5. The second kappa shape index (κ2) is 11.7. The number of amides is 2. The Hall–Kier alpha value is -2.63. The van der Waals surface area contributed by atoms with E-state index in [1.165, 1.54) is 16.9 Å². The molecule has 0 bridgehead atoms. The van der Waals surface area contributed by atoms with Gasteiger partial charge in [0, 0.05) is 17.5 Å². The number of benzene rings is 2. The van der Waals surface area contributed by atoms with E-state index in [4.69, 9.17) is 11.6 Å². The molecule has 4 rings (SSSR count). The number of thiophene rings is 1. The normalized spacial score (nSPS) is 14.1. The molecule has 1 fully saturated rings. The summed E-state index contributed by atoms with van der Waals surface area (Å²) in [4.78, 5) is 32.2. The SMILES string of the molecule is Cc1ccsc1CN(Cc1ccccc1)C(=O)CN(C(=O)c1ccccc1Cl)C1CCCCC1. The van der Waals surface area contributed by atoms with E-state index in [9.17, 15) is 9.59 Å². The van der Waals surface area contributed by atoms with Gasteiger partial charge in [0.15, 0.2) is 0 Å². The third-order valence-electron chi connectivity index (χ3n) is 6.56. The number of nitrogens with zero attached hydrogens (tertiary/aromatic N) is 2. The molecule has 3 aromatic rings. The maximum atomic E-state index is 13.8. The monoisotopic (exact) mass is 494 g/mol. The molecule has 1 aromatic heterocycles. The van der Waals surface area contributed by atoms with E-state index in [1.807, 2.05) is 47.4 Å². The fraction of sp³-hybridized carbons (Fsp3) is 0.357. The van der Waals surface area contributed by atoms with Crippen molar-refractivity contribution in [2.24, 2.45) is 0 Å². The van der Waals surface area contributed by atoms with Gasteiger partial charge >= 0.3 is 0 Å². The molecular formula is C28H31ClN2O2S. The first kappa shape index (κ1) is 24.5. The molecule has 178 valence electrons. The van der Waals surface area contributed by atoms with Gasteiger partial charge in [-0.1, -0.05) is 73.3 Å². The van der Waals surface area contributed by atoms with Crippen molar-refractivity contribution in [1.82, 2.24) is 9.80 Å². The molecule has 2 amide bonds. The van der Waals surface area contributed by atoms with Gasteiger partial charge in [-0.2, -0.15) is 0 Å². The van der Waals surface area contributed by atoms with E-state index in [0.29, 0.717) is 23.7 Å². The summed E-state index contributed by atoms with van der Waals surface area (Å²) in [7, 11) is 0. The molecule has 6 heteroatoms. The molecule has 0 unspecified atom stereocenters. The summed E-state index contributed by atoms with van der Waals surface area (Å²) in [5.74, 6) is -0.194. The molecule has 1 aliphatic rings. The van der Waals surface area contributed by atoms with E-state index in [2.05, 4.69) is 18.4 Å². The maximum Gasteiger partial charge on any atom is 0.256 e. The van der Waals surface area contributed by atoms with Crippen LogP contribution in [0.2, 0.25) is 5.02 Å². The molecule has 0 atom stereocenters. The molecule has 0 aliphatic heterocycles. The lowest BCUT2D eigenvalue weighted by Gasteiger charge is -2.35. The van der Waals surface area contributed by atoms with Crippen LogP contribution in [-0.4, -0.2) is 34.2 Å². The second-order valence-corrected chi connectivity index (χ2v) is 10.4. The molecule has 0 N–H and O–H groups in total. The summed E-state index contributed by atoms with van der Waals surface area (Å²) in [6.45, 7) is 3.18. The average Bonchev–Trinajstić information content (AvgIpc) is 3.27. The van der Waals surface area contributed by atoms with E-state index < -0.39 is 0 Å². The fourth-order valence-electron chi connectivity index (χ4n) is 4.57. The van der Waals surface area contributed by atoms with Gasteiger partial charge in [-0.15, -0.1) is 11.3 Å². The highest BCUT2D eigenvalue weighted by molar-refractivity contribution is 7.10. The number of rotatable bonds is 8. The van der Waals surface area contributed by atoms with E-state index in [0.717, 1.165) is 31.2 Å². The molecule has 34 heavy (non-hydrogen) atoms. The second-order valence-electron chi connectivity index (χ2n) is 8.97. The van der Waals surface area contributed by atoms with Crippen molar-refractivity contribution < 1.29 is 9.59 Å². The van der Waals surface area contributed by atoms with Crippen LogP contribution in [0.4, 0.5) is 0 Å². The van der Waals surface area contributed by atoms with Gasteiger partial charge in [-0.05, 0) is 54.5 Å². The van der Waals surface area contributed by atoms with E-state index in [1.54, 1.807) is 28.4 Å². The van der Waals surface area contributed by atoms with Crippen molar-refractivity contribution in [3.05, 3.63) is 92.6 Å². The molecule has 0 spiro atoms. The Morgan fingerprint density at radius 1 is 0.941 bits per heavy atom. The smallest absolute Gasteiger partial charge is 0.256 e. The molecule has 4 nitrogen and oxygen atoms in total. The Bertz CT molecular complexity index is 1110. The fourth-order valence-corrected chi connectivity index (χ4v) is 5.71. The van der Waals surface area contributed by atoms with Crippen molar-refractivity contribution in [3.63, 3.8) is 0 Å². The lowest BCUT2D eigenvalue weighted by atomic mass is 9.93. The molecule has 1 heterocycles. The molecular weight excluding hydrogens is 464 g/mol. The van der Waals surface area contributed by atoms with Gasteiger partial charge in [0.05, 0.1) is 17.1 Å². The number of hydrogen-bond acceptors (Lipinski definition) is 3. The molecule has 1 aliphatic carbocycles. The lowest BCUT2D eigenvalue weighted by molar-refractivity contribution is -0.133. The van der Waals surface area contributed by atoms with Crippen LogP contribution in [0, 0.1) is 6.92 Å².